The monoisotopic (exact) mass is 484 g/mol. The number of anilines is 1. The van der Waals surface area contributed by atoms with Crippen LogP contribution in [0.1, 0.15) is 33.4 Å². The summed E-state index contributed by atoms with van der Waals surface area (Å²) < 4.78 is 52.2. The Morgan fingerprint density at radius 3 is 2.40 bits per heavy atom. The highest BCUT2D eigenvalue weighted by atomic mass is 19.4. The van der Waals surface area contributed by atoms with Gasteiger partial charge in [-0.3, -0.25) is 9.59 Å². The van der Waals surface area contributed by atoms with Gasteiger partial charge >= 0.3 is 6.18 Å². The molecule has 0 atom stereocenters. The Hall–Kier alpha value is -3.68. The van der Waals surface area contributed by atoms with E-state index in [1.807, 2.05) is 49.4 Å². The number of hydrogen-bond donors (Lipinski definition) is 1. The number of carbonyl (C=O) groups excluding carboxylic acids is 2. The Labute approximate surface area is 200 Å². The molecular formula is C27H24F4N2O2. The van der Waals surface area contributed by atoms with Crippen LogP contribution >= 0.6 is 0 Å². The van der Waals surface area contributed by atoms with Gasteiger partial charge in [-0.25, -0.2) is 4.39 Å². The second kappa shape index (κ2) is 9.90. The van der Waals surface area contributed by atoms with E-state index >= 15 is 0 Å². The van der Waals surface area contributed by atoms with Gasteiger partial charge in [0.15, 0.2) is 0 Å². The number of alkyl halides is 3. The van der Waals surface area contributed by atoms with Crippen molar-refractivity contribution in [2.45, 2.75) is 38.9 Å². The molecule has 1 aliphatic rings. The Bertz CT molecular complexity index is 1260. The highest BCUT2D eigenvalue weighted by Crippen LogP contribution is 2.32. The molecule has 0 aliphatic carbocycles. The van der Waals surface area contributed by atoms with Crippen LogP contribution in [0.15, 0.2) is 60.7 Å². The molecule has 0 saturated carbocycles. The van der Waals surface area contributed by atoms with Gasteiger partial charge < -0.3 is 10.2 Å². The lowest BCUT2D eigenvalue weighted by atomic mass is 9.94. The summed E-state index contributed by atoms with van der Waals surface area (Å²) in [6.45, 7) is 2.78. The lowest BCUT2D eigenvalue weighted by molar-refractivity contribution is -0.140. The number of nitrogens with zero attached hydrogens (tertiary/aromatic N) is 1. The van der Waals surface area contributed by atoms with E-state index in [1.54, 1.807) is 4.90 Å². The molecule has 1 N–H and O–H groups in total. The fourth-order valence-electron chi connectivity index (χ4n) is 4.31. The highest BCUT2D eigenvalue weighted by Gasteiger charge is 2.34. The summed E-state index contributed by atoms with van der Waals surface area (Å²) >= 11 is 0. The number of hydrogen-bond acceptors (Lipinski definition) is 2. The van der Waals surface area contributed by atoms with E-state index in [-0.39, 0.29) is 17.9 Å². The second-order valence-corrected chi connectivity index (χ2v) is 8.66. The Morgan fingerprint density at radius 2 is 1.71 bits per heavy atom. The van der Waals surface area contributed by atoms with Crippen LogP contribution in [0.4, 0.5) is 23.2 Å². The van der Waals surface area contributed by atoms with Crippen molar-refractivity contribution in [1.29, 1.82) is 0 Å². The van der Waals surface area contributed by atoms with Crippen LogP contribution in [0.3, 0.4) is 0 Å². The average Bonchev–Trinajstić information content (AvgIpc) is 2.80. The molecule has 0 radical (unpaired) electrons. The quantitative estimate of drug-likeness (QED) is 0.489. The summed E-state index contributed by atoms with van der Waals surface area (Å²) in [5.74, 6) is -1.84. The summed E-state index contributed by atoms with van der Waals surface area (Å²) in [4.78, 5) is 27.2. The topological polar surface area (TPSA) is 49.4 Å². The van der Waals surface area contributed by atoms with Crippen LogP contribution in [0, 0.1) is 12.7 Å². The zero-order chi connectivity index (χ0) is 25.2. The van der Waals surface area contributed by atoms with Crippen molar-refractivity contribution in [1.82, 2.24) is 4.90 Å². The van der Waals surface area contributed by atoms with Crippen LogP contribution in [0.2, 0.25) is 0 Å². The first-order valence-corrected chi connectivity index (χ1v) is 11.2. The SMILES string of the molecule is Cc1ccc2c(c1NC(=O)Cc1ccc(C(F)(F)F)c(F)c1)CCN(C(=O)Cc1ccccc1)C2. The third-order valence-electron chi connectivity index (χ3n) is 6.13. The molecule has 4 nitrogen and oxygen atoms in total. The standard InChI is InChI=1S/C27H24F4N2O2/c1-17-7-9-20-16-33(25(35)15-18-5-3-2-4-6-18)12-11-21(20)26(17)32-24(34)14-19-8-10-22(23(28)13-19)27(29,30)31/h2-10,13H,11-12,14-16H2,1H3,(H,32,34). The van der Waals surface area contributed by atoms with Gasteiger partial charge in [-0.2, -0.15) is 13.2 Å². The molecule has 35 heavy (non-hydrogen) atoms. The Balaban J connectivity index is 1.45. The van der Waals surface area contributed by atoms with Crippen LogP contribution in [0.5, 0.6) is 0 Å². The van der Waals surface area contributed by atoms with Gasteiger partial charge in [0.25, 0.3) is 0 Å². The van der Waals surface area contributed by atoms with E-state index in [0.717, 1.165) is 34.4 Å². The summed E-state index contributed by atoms with van der Waals surface area (Å²) in [6, 6.07) is 15.8. The van der Waals surface area contributed by atoms with Gasteiger partial charge in [-0.1, -0.05) is 48.5 Å². The molecule has 8 heteroatoms. The van der Waals surface area contributed by atoms with Crippen molar-refractivity contribution in [3.8, 4) is 0 Å². The largest absolute Gasteiger partial charge is 0.419 e. The van der Waals surface area contributed by atoms with Gasteiger partial charge in [0.1, 0.15) is 5.82 Å². The maximum absolute atomic E-state index is 13.9. The number of benzene rings is 3. The second-order valence-electron chi connectivity index (χ2n) is 8.66. The molecule has 0 fully saturated rings. The molecule has 1 heterocycles. The normalized spacial score (nSPS) is 13.3. The van der Waals surface area contributed by atoms with Crippen molar-refractivity contribution >= 4 is 17.5 Å². The van der Waals surface area contributed by atoms with Gasteiger partial charge in [0.05, 0.1) is 18.4 Å². The molecule has 4 rings (SSSR count). The minimum atomic E-state index is -4.79. The number of aryl methyl sites for hydroxylation is 1. The van der Waals surface area contributed by atoms with Gasteiger partial charge in [-0.05, 0) is 53.3 Å². The summed E-state index contributed by atoms with van der Waals surface area (Å²) in [7, 11) is 0. The van der Waals surface area contributed by atoms with Gasteiger partial charge in [-0.15, -0.1) is 0 Å². The number of carbonyl (C=O) groups is 2. The fraction of sp³-hybridized carbons (Fsp3) is 0.259. The Kier molecular flexibility index (Phi) is 6.91. The third-order valence-corrected chi connectivity index (χ3v) is 6.13. The molecule has 0 saturated heterocycles. The molecule has 1 aliphatic heterocycles. The molecule has 0 unspecified atom stereocenters. The maximum atomic E-state index is 13.9. The number of amides is 2. The van der Waals surface area contributed by atoms with Crippen molar-refractivity contribution < 1.29 is 27.2 Å². The number of rotatable bonds is 5. The molecule has 0 spiro atoms. The zero-order valence-corrected chi connectivity index (χ0v) is 19.1. The van der Waals surface area contributed by atoms with Gasteiger partial charge in [0, 0.05) is 18.8 Å². The van der Waals surface area contributed by atoms with E-state index in [1.165, 1.54) is 0 Å². The third kappa shape index (κ3) is 5.70. The summed E-state index contributed by atoms with van der Waals surface area (Å²) in [6.07, 6.45) is -4.18. The van der Waals surface area contributed by atoms with Crippen molar-refractivity contribution in [2.75, 3.05) is 11.9 Å². The van der Waals surface area contributed by atoms with Crippen molar-refractivity contribution in [3.63, 3.8) is 0 Å². The fourth-order valence-corrected chi connectivity index (χ4v) is 4.31. The molecule has 2 amide bonds. The minimum absolute atomic E-state index is 0.0253. The molecule has 0 aromatic heterocycles. The lowest BCUT2D eigenvalue weighted by Gasteiger charge is -2.31. The van der Waals surface area contributed by atoms with Crippen LogP contribution in [-0.4, -0.2) is 23.3 Å². The molecule has 3 aromatic carbocycles. The number of fused-ring (bicyclic) bond motifs is 1. The first-order chi connectivity index (χ1) is 16.6. The molecule has 3 aromatic rings. The lowest BCUT2D eigenvalue weighted by Crippen LogP contribution is -2.37. The van der Waals surface area contributed by atoms with E-state index in [4.69, 9.17) is 0 Å². The van der Waals surface area contributed by atoms with E-state index in [9.17, 15) is 27.2 Å². The van der Waals surface area contributed by atoms with Crippen LogP contribution in [-0.2, 0) is 41.6 Å². The van der Waals surface area contributed by atoms with Crippen LogP contribution in [0.25, 0.3) is 0 Å². The first-order valence-electron chi connectivity index (χ1n) is 11.2. The van der Waals surface area contributed by atoms with E-state index in [0.29, 0.717) is 37.7 Å². The highest BCUT2D eigenvalue weighted by molar-refractivity contribution is 5.94. The number of halogens is 4. The predicted molar refractivity (Wildman–Crippen MR) is 124 cm³/mol. The van der Waals surface area contributed by atoms with E-state index < -0.39 is 23.5 Å². The van der Waals surface area contributed by atoms with Crippen molar-refractivity contribution in [3.05, 3.63) is 99.9 Å². The molecule has 182 valence electrons. The zero-order valence-electron chi connectivity index (χ0n) is 19.1. The van der Waals surface area contributed by atoms with E-state index in [2.05, 4.69) is 5.32 Å². The van der Waals surface area contributed by atoms with Crippen LogP contribution < -0.4 is 5.32 Å². The first kappa shape index (κ1) is 24.4. The summed E-state index contributed by atoms with van der Waals surface area (Å²) in [5, 5.41) is 2.85. The number of nitrogens with one attached hydrogen (secondary N) is 1. The molecular weight excluding hydrogens is 460 g/mol. The maximum Gasteiger partial charge on any atom is 0.419 e. The minimum Gasteiger partial charge on any atom is -0.338 e. The summed E-state index contributed by atoms with van der Waals surface area (Å²) in [5.41, 5.74) is 3.06. The predicted octanol–water partition coefficient (Wildman–Crippen LogP) is 5.46. The average molecular weight is 484 g/mol. The molecule has 0 bridgehead atoms. The van der Waals surface area contributed by atoms with Crippen molar-refractivity contribution in [2.24, 2.45) is 0 Å². The smallest absolute Gasteiger partial charge is 0.338 e. The Morgan fingerprint density at radius 1 is 0.971 bits per heavy atom. The van der Waals surface area contributed by atoms with Gasteiger partial charge in [0.2, 0.25) is 11.8 Å².